The second kappa shape index (κ2) is 5.86. The molecule has 0 unspecified atom stereocenters. The van der Waals surface area contributed by atoms with E-state index in [1.165, 1.54) is 0 Å². The zero-order chi connectivity index (χ0) is 13.8. The van der Waals surface area contributed by atoms with Crippen molar-refractivity contribution in [3.05, 3.63) is 12.4 Å². The van der Waals surface area contributed by atoms with Crippen LogP contribution >= 0.6 is 0 Å². The van der Waals surface area contributed by atoms with E-state index in [-0.39, 0.29) is 11.8 Å². The monoisotopic (exact) mass is 264 g/mol. The minimum atomic E-state index is 0.129. The average Bonchev–Trinajstić information content (AvgIpc) is 2.46. The van der Waals surface area contributed by atoms with E-state index in [0.29, 0.717) is 11.7 Å². The van der Waals surface area contributed by atoms with Gasteiger partial charge in [0.2, 0.25) is 11.9 Å². The molecule has 0 aromatic carbocycles. The van der Waals surface area contributed by atoms with Gasteiger partial charge in [0.25, 0.3) is 0 Å². The smallest absolute Gasteiger partial charge is 0.225 e. The maximum atomic E-state index is 11.9. The van der Waals surface area contributed by atoms with Gasteiger partial charge in [0.15, 0.2) is 5.75 Å². The van der Waals surface area contributed by atoms with Crippen LogP contribution in [0.1, 0.15) is 12.8 Å². The number of aromatic nitrogens is 2. The number of carbonyl (C=O) groups is 1. The molecule has 2 heterocycles. The summed E-state index contributed by atoms with van der Waals surface area (Å²) in [6, 6.07) is 0. The summed E-state index contributed by atoms with van der Waals surface area (Å²) in [6.07, 6.45) is 5.04. The molecule has 0 radical (unpaired) electrons. The number of hydrogen-bond acceptors (Lipinski definition) is 5. The van der Waals surface area contributed by atoms with Crippen molar-refractivity contribution in [2.45, 2.75) is 12.8 Å². The molecule has 1 saturated heterocycles. The van der Waals surface area contributed by atoms with Crippen LogP contribution in [0.5, 0.6) is 5.75 Å². The van der Waals surface area contributed by atoms with Crippen molar-refractivity contribution in [3.63, 3.8) is 0 Å². The number of piperidine rings is 1. The summed E-state index contributed by atoms with van der Waals surface area (Å²) in [5.41, 5.74) is 0. The molecule has 1 fully saturated rings. The third kappa shape index (κ3) is 3.13. The van der Waals surface area contributed by atoms with Crippen LogP contribution in [0.15, 0.2) is 12.4 Å². The molecule has 1 aliphatic heterocycles. The zero-order valence-corrected chi connectivity index (χ0v) is 11.7. The van der Waals surface area contributed by atoms with Crippen molar-refractivity contribution in [2.75, 3.05) is 39.2 Å². The van der Waals surface area contributed by atoms with Gasteiger partial charge in [-0.1, -0.05) is 0 Å². The Bertz CT molecular complexity index is 425. The van der Waals surface area contributed by atoms with Crippen molar-refractivity contribution in [3.8, 4) is 5.75 Å². The lowest BCUT2D eigenvalue weighted by Gasteiger charge is -2.32. The first kappa shape index (κ1) is 13.6. The highest BCUT2D eigenvalue weighted by Crippen LogP contribution is 2.22. The Balaban J connectivity index is 1.94. The van der Waals surface area contributed by atoms with E-state index >= 15 is 0 Å². The summed E-state index contributed by atoms with van der Waals surface area (Å²) >= 11 is 0. The van der Waals surface area contributed by atoms with Crippen LogP contribution in [0.25, 0.3) is 0 Å². The quantitative estimate of drug-likeness (QED) is 0.808. The fraction of sp³-hybridized carbons (Fsp3) is 0.615. The van der Waals surface area contributed by atoms with E-state index in [9.17, 15) is 4.79 Å². The van der Waals surface area contributed by atoms with E-state index in [1.54, 1.807) is 38.5 Å². The van der Waals surface area contributed by atoms with Gasteiger partial charge >= 0.3 is 0 Å². The number of rotatable bonds is 3. The summed E-state index contributed by atoms with van der Waals surface area (Å²) in [7, 11) is 5.21. The fourth-order valence-electron chi connectivity index (χ4n) is 2.27. The molecule has 1 aromatic heterocycles. The first-order valence-corrected chi connectivity index (χ1v) is 6.44. The van der Waals surface area contributed by atoms with Crippen LogP contribution in [0.2, 0.25) is 0 Å². The van der Waals surface area contributed by atoms with Crippen LogP contribution in [0, 0.1) is 5.92 Å². The molecule has 1 aliphatic rings. The Labute approximate surface area is 113 Å². The standard InChI is InChI=1S/C13H20N4O2/c1-16(2)12(18)10-4-6-17(7-5-10)13-14-8-11(19-3)9-15-13/h8-10H,4-7H2,1-3H3. The molecular formula is C13H20N4O2. The molecule has 2 rings (SSSR count). The van der Waals surface area contributed by atoms with Gasteiger partial charge in [-0.05, 0) is 12.8 Å². The molecule has 0 aliphatic carbocycles. The van der Waals surface area contributed by atoms with Gasteiger partial charge < -0.3 is 14.5 Å². The second-order valence-electron chi connectivity index (χ2n) is 4.92. The predicted molar refractivity (Wildman–Crippen MR) is 72.2 cm³/mol. The van der Waals surface area contributed by atoms with Crippen molar-refractivity contribution in [2.24, 2.45) is 5.92 Å². The minimum absolute atomic E-state index is 0.129. The minimum Gasteiger partial charge on any atom is -0.494 e. The lowest BCUT2D eigenvalue weighted by molar-refractivity contribution is -0.133. The Kier molecular flexibility index (Phi) is 4.19. The van der Waals surface area contributed by atoms with Crippen molar-refractivity contribution >= 4 is 11.9 Å². The van der Waals surface area contributed by atoms with Gasteiger partial charge in [-0.15, -0.1) is 0 Å². The molecule has 0 atom stereocenters. The van der Waals surface area contributed by atoms with Gasteiger partial charge in [-0.25, -0.2) is 9.97 Å². The van der Waals surface area contributed by atoms with Crippen LogP contribution in [0.3, 0.4) is 0 Å². The van der Waals surface area contributed by atoms with E-state index in [4.69, 9.17) is 4.74 Å². The van der Waals surface area contributed by atoms with Crippen LogP contribution in [-0.2, 0) is 4.79 Å². The summed E-state index contributed by atoms with van der Waals surface area (Å²) in [5.74, 6) is 1.71. The normalized spacial score (nSPS) is 16.3. The van der Waals surface area contributed by atoms with Crippen molar-refractivity contribution < 1.29 is 9.53 Å². The molecule has 1 aromatic rings. The SMILES string of the molecule is COc1cnc(N2CCC(C(=O)N(C)C)CC2)nc1. The van der Waals surface area contributed by atoms with E-state index in [1.807, 2.05) is 0 Å². The first-order chi connectivity index (χ1) is 9.11. The summed E-state index contributed by atoms with van der Waals surface area (Å²) < 4.78 is 5.04. The number of ether oxygens (including phenoxy) is 1. The number of methoxy groups -OCH3 is 1. The van der Waals surface area contributed by atoms with Gasteiger partial charge in [0.1, 0.15) is 0 Å². The van der Waals surface area contributed by atoms with Crippen LogP contribution in [-0.4, -0.2) is 55.1 Å². The highest BCUT2D eigenvalue weighted by molar-refractivity contribution is 5.78. The van der Waals surface area contributed by atoms with E-state index < -0.39 is 0 Å². The van der Waals surface area contributed by atoms with E-state index in [2.05, 4.69) is 14.9 Å². The number of amides is 1. The molecular weight excluding hydrogens is 244 g/mol. The van der Waals surface area contributed by atoms with Gasteiger partial charge in [-0.2, -0.15) is 0 Å². The number of nitrogens with zero attached hydrogens (tertiary/aromatic N) is 4. The number of carbonyl (C=O) groups excluding carboxylic acids is 1. The largest absolute Gasteiger partial charge is 0.494 e. The molecule has 104 valence electrons. The number of hydrogen-bond donors (Lipinski definition) is 0. The average molecular weight is 264 g/mol. The molecule has 0 spiro atoms. The predicted octanol–water partition coefficient (Wildman–Crippen LogP) is 0.790. The van der Waals surface area contributed by atoms with Crippen LogP contribution < -0.4 is 9.64 Å². The Morgan fingerprint density at radius 3 is 2.37 bits per heavy atom. The molecule has 6 nitrogen and oxygen atoms in total. The third-order valence-electron chi connectivity index (χ3n) is 3.42. The molecule has 0 saturated carbocycles. The lowest BCUT2D eigenvalue weighted by atomic mass is 9.96. The molecule has 1 amide bonds. The third-order valence-corrected chi connectivity index (χ3v) is 3.42. The summed E-state index contributed by atoms with van der Waals surface area (Å²) in [5, 5.41) is 0. The lowest BCUT2D eigenvalue weighted by Crippen LogP contribution is -2.40. The van der Waals surface area contributed by atoms with Gasteiger partial charge in [0.05, 0.1) is 19.5 Å². The van der Waals surface area contributed by atoms with E-state index in [0.717, 1.165) is 25.9 Å². The second-order valence-corrected chi connectivity index (χ2v) is 4.92. The molecule has 19 heavy (non-hydrogen) atoms. The topological polar surface area (TPSA) is 58.6 Å². The fourth-order valence-corrected chi connectivity index (χ4v) is 2.27. The zero-order valence-electron chi connectivity index (χ0n) is 11.7. The first-order valence-electron chi connectivity index (χ1n) is 6.44. The highest BCUT2D eigenvalue weighted by atomic mass is 16.5. The summed E-state index contributed by atoms with van der Waals surface area (Å²) in [4.78, 5) is 24.2. The van der Waals surface area contributed by atoms with Gasteiger partial charge in [-0.3, -0.25) is 4.79 Å². The van der Waals surface area contributed by atoms with Crippen molar-refractivity contribution in [1.82, 2.24) is 14.9 Å². The van der Waals surface area contributed by atoms with Gasteiger partial charge in [0, 0.05) is 33.1 Å². The molecule has 6 heteroatoms. The van der Waals surface area contributed by atoms with Crippen LogP contribution in [0.4, 0.5) is 5.95 Å². The summed E-state index contributed by atoms with van der Waals surface area (Å²) in [6.45, 7) is 1.63. The Hall–Kier alpha value is -1.85. The van der Waals surface area contributed by atoms with Crippen molar-refractivity contribution in [1.29, 1.82) is 0 Å². The molecule has 0 bridgehead atoms. The number of anilines is 1. The molecule has 0 N–H and O–H groups in total. The Morgan fingerprint density at radius 2 is 1.89 bits per heavy atom. The maximum absolute atomic E-state index is 11.9. The maximum Gasteiger partial charge on any atom is 0.225 e. The Morgan fingerprint density at radius 1 is 1.32 bits per heavy atom. The highest BCUT2D eigenvalue weighted by Gasteiger charge is 2.26.